The first-order valence-corrected chi connectivity index (χ1v) is 37.2. The van der Waals surface area contributed by atoms with Crippen molar-refractivity contribution in [3.05, 3.63) is 413 Å². The molecular formula is C102H82N2. The van der Waals surface area contributed by atoms with Gasteiger partial charge in [-0.15, -0.1) is 0 Å². The fourth-order valence-corrected chi connectivity index (χ4v) is 18.2. The van der Waals surface area contributed by atoms with Gasteiger partial charge in [0.15, 0.2) is 0 Å². The summed E-state index contributed by atoms with van der Waals surface area (Å²) in [5.74, 6) is 1.09. The summed E-state index contributed by atoms with van der Waals surface area (Å²) in [4.78, 5) is 5.13. The van der Waals surface area contributed by atoms with Crippen LogP contribution in [0, 0.1) is 11.8 Å². The summed E-state index contributed by atoms with van der Waals surface area (Å²) in [5.41, 5.74) is 30.5. The molecule has 500 valence electrons. The van der Waals surface area contributed by atoms with Crippen molar-refractivity contribution in [3.63, 3.8) is 0 Å². The summed E-state index contributed by atoms with van der Waals surface area (Å²) in [6, 6.07) is 120. The van der Waals surface area contributed by atoms with Gasteiger partial charge < -0.3 is 9.80 Å². The Bertz CT molecular complexity index is 5900. The van der Waals surface area contributed by atoms with Crippen LogP contribution in [0.4, 0.5) is 34.1 Å². The molecule has 18 rings (SSSR count). The van der Waals surface area contributed by atoms with Gasteiger partial charge in [-0.25, -0.2) is 0 Å². The maximum absolute atomic E-state index is 4.18. The zero-order valence-electron chi connectivity index (χ0n) is 59.6. The van der Waals surface area contributed by atoms with Gasteiger partial charge in [-0.1, -0.05) is 332 Å². The van der Waals surface area contributed by atoms with E-state index in [0.717, 1.165) is 70.9 Å². The first-order valence-electron chi connectivity index (χ1n) is 37.2. The molecule has 0 N–H and O–H groups in total. The summed E-state index contributed by atoms with van der Waals surface area (Å²) >= 11 is 0. The molecule has 0 aromatic heterocycles. The summed E-state index contributed by atoms with van der Waals surface area (Å²) in [6.45, 7) is 17.6. The summed E-state index contributed by atoms with van der Waals surface area (Å²) < 4.78 is 0. The Hall–Kier alpha value is -12.1. The highest BCUT2D eigenvalue weighted by Gasteiger charge is 2.48. The van der Waals surface area contributed by atoms with Crippen LogP contribution in [0.3, 0.4) is 0 Å². The molecule has 2 atom stereocenters. The Balaban J connectivity index is 0.830. The molecule has 2 unspecified atom stereocenters. The molecule has 3 aliphatic carbocycles. The number of allylic oxidation sites excluding steroid dienone is 1. The van der Waals surface area contributed by atoms with Crippen LogP contribution in [0.2, 0.25) is 0 Å². The molecule has 0 aliphatic heterocycles. The topological polar surface area (TPSA) is 6.48 Å². The van der Waals surface area contributed by atoms with E-state index in [1.54, 1.807) is 0 Å². The molecular weight excluding hydrogens is 1250 g/mol. The molecule has 0 heterocycles. The van der Waals surface area contributed by atoms with E-state index in [9.17, 15) is 0 Å². The lowest BCUT2D eigenvalue weighted by molar-refractivity contribution is 0.646. The van der Waals surface area contributed by atoms with Crippen LogP contribution in [-0.2, 0) is 30.1 Å². The van der Waals surface area contributed by atoms with Crippen molar-refractivity contribution in [1.29, 1.82) is 0 Å². The van der Waals surface area contributed by atoms with Crippen LogP contribution < -0.4 is 9.80 Å². The third kappa shape index (κ3) is 10.4. The van der Waals surface area contributed by atoms with E-state index in [1.165, 1.54) is 132 Å². The molecule has 0 saturated heterocycles. The largest absolute Gasteiger partial charge is 0.309 e. The molecule has 2 nitrogen and oxygen atoms in total. The van der Waals surface area contributed by atoms with Crippen molar-refractivity contribution in [2.45, 2.75) is 64.2 Å². The first-order chi connectivity index (χ1) is 51.1. The summed E-state index contributed by atoms with van der Waals surface area (Å²) in [5, 5.41) is 7.13. The third-order valence-corrected chi connectivity index (χ3v) is 22.7. The zero-order valence-corrected chi connectivity index (χ0v) is 59.6. The number of nitrogens with zero attached hydrogens (tertiary/aromatic N) is 2. The highest BCUT2D eigenvalue weighted by molar-refractivity contribution is 6.10. The van der Waals surface area contributed by atoms with Gasteiger partial charge >= 0.3 is 0 Å². The molecule has 0 bridgehead atoms. The maximum Gasteiger partial charge on any atom is 0.0714 e. The van der Waals surface area contributed by atoms with Crippen LogP contribution in [0.1, 0.15) is 112 Å². The lowest BCUT2D eigenvalue weighted by atomic mass is 9.67. The van der Waals surface area contributed by atoms with Crippen molar-refractivity contribution >= 4 is 84.7 Å². The number of hydrogen-bond donors (Lipinski definition) is 0. The normalized spacial score (nSPS) is 15.4. The maximum atomic E-state index is 4.18. The van der Waals surface area contributed by atoms with Gasteiger partial charge in [0, 0.05) is 33.1 Å². The minimum atomic E-state index is -0.633. The van der Waals surface area contributed by atoms with Gasteiger partial charge in [-0.2, -0.15) is 0 Å². The van der Waals surface area contributed by atoms with E-state index < -0.39 is 10.8 Å². The predicted molar refractivity (Wildman–Crippen MR) is 443 cm³/mol. The number of anilines is 6. The van der Waals surface area contributed by atoms with Gasteiger partial charge in [-0.3, -0.25) is 0 Å². The molecule has 15 aromatic rings. The van der Waals surface area contributed by atoms with Gasteiger partial charge in [0.2, 0.25) is 0 Å². The van der Waals surface area contributed by atoms with Crippen LogP contribution >= 0.6 is 0 Å². The summed E-state index contributed by atoms with van der Waals surface area (Å²) in [6.07, 6.45) is 12.6. The lowest BCUT2D eigenvalue weighted by Crippen LogP contribution is -2.29. The van der Waals surface area contributed by atoms with Crippen molar-refractivity contribution in [1.82, 2.24) is 0 Å². The lowest BCUT2D eigenvalue weighted by Gasteiger charge is -2.36. The SMILES string of the molecule is C=Cc1ccc(C2(c3ccc(CC(C)C)cc3)c3ccccc3-c3ccc(N(c4ccc(-c5ccc(N(c6ccc7c(c6)C(c6ccc(C=C)cc6)(c6ccc(CC(C)C)cc6)c6ccccc6-7)c6cccc7ccccc67)c6ccccc56)c5c4C=CCC5)c4cccc5ccccc45)cc32)cc1. The fourth-order valence-electron chi connectivity index (χ4n) is 18.2. The minimum absolute atomic E-state index is 0.545. The molecule has 0 radical (unpaired) electrons. The molecule has 0 fully saturated rings. The smallest absolute Gasteiger partial charge is 0.0714 e. The van der Waals surface area contributed by atoms with Crippen molar-refractivity contribution in [2.24, 2.45) is 11.8 Å². The van der Waals surface area contributed by atoms with Crippen molar-refractivity contribution < 1.29 is 0 Å². The van der Waals surface area contributed by atoms with E-state index in [0.29, 0.717) is 11.8 Å². The summed E-state index contributed by atoms with van der Waals surface area (Å²) in [7, 11) is 0. The van der Waals surface area contributed by atoms with Crippen molar-refractivity contribution in [3.8, 4) is 33.4 Å². The monoisotopic (exact) mass is 1330 g/mol. The Morgan fingerprint density at radius 2 is 0.721 bits per heavy atom. The van der Waals surface area contributed by atoms with E-state index in [2.05, 4.69) is 378 Å². The predicted octanol–water partition coefficient (Wildman–Crippen LogP) is 27.1. The molecule has 15 aromatic carbocycles. The quantitative estimate of drug-likeness (QED) is 0.0896. The van der Waals surface area contributed by atoms with E-state index in [1.807, 2.05) is 12.2 Å². The Labute approximate surface area is 612 Å². The Kier molecular flexibility index (Phi) is 16.0. The van der Waals surface area contributed by atoms with Crippen molar-refractivity contribution in [2.75, 3.05) is 9.80 Å². The fraction of sp³-hybridized carbons (Fsp3) is 0.118. The highest BCUT2D eigenvalue weighted by atomic mass is 15.2. The number of benzene rings is 15. The first kappa shape index (κ1) is 64.0. The standard InChI is InChI=1S/C102H82N2/c1-7-69-39-47-75(48-40-69)101(77-51-43-71(44-52-77)63-67(3)4)93-35-19-17-31-87(93)89-57-55-79(65-95(89)101)103(97-37-21-25-73-23-9-11-27-81(73)97)99-61-59-85(83-29-13-15-33-91(83)99)86-60-62-100(92-34-16-14-30-84(86)92)104(98-38-22-26-74-24-10-12-28-82(74)98)80-56-58-90-88-32-18-20-36-94(88)102(96(90)66-80,76-49-41-70(8-2)42-50-76)78-53-45-72(46-54-78)64-68(5)6/h7-13,15-29,31-62,65-68H,1-2,14,30,63-64H2,3-6H3. The average molecular weight is 1340 g/mol. The Morgan fingerprint density at radius 3 is 1.21 bits per heavy atom. The number of hydrogen-bond acceptors (Lipinski definition) is 2. The molecule has 3 aliphatic rings. The van der Waals surface area contributed by atoms with Crippen LogP contribution in [0.5, 0.6) is 0 Å². The van der Waals surface area contributed by atoms with E-state index in [-0.39, 0.29) is 0 Å². The second-order valence-electron chi connectivity index (χ2n) is 29.6. The molecule has 0 amide bonds. The van der Waals surface area contributed by atoms with Gasteiger partial charge in [0.05, 0.1) is 33.6 Å². The second-order valence-corrected chi connectivity index (χ2v) is 29.6. The molecule has 2 heteroatoms. The molecule has 104 heavy (non-hydrogen) atoms. The Morgan fingerprint density at radius 1 is 0.337 bits per heavy atom. The molecule has 0 spiro atoms. The third-order valence-electron chi connectivity index (χ3n) is 22.7. The average Bonchev–Trinajstić information content (AvgIpc) is 1.54. The highest BCUT2D eigenvalue weighted by Crippen LogP contribution is 2.61. The van der Waals surface area contributed by atoms with Crippen LogP contribution in [0.15, 0.2) is 335 Å². The number of rotatable bonds is 17. The van der Waals surface area contributed by atoms with Crippen LogP contribution in [0.25, 0.3) is 83.9 Å². The minimum Gasteiger partial charge on any atom is -0.309 e. The van der Waals surface area contributed by atoms with Gasteiger partial charge in [-0.05, 0) is 208 Å². The second kappa shape index (κ2) is 26.1. The van der Waals surface area contributed by atoms with E-state index >= 15 is 0 Å². The van der Waals surface area contributed by atoms with Crippen LogP contribution in [-0.4, -0.2) is 0 Å². The van der Waals surface area contributed by atoms with E-state index in [4.69, 9.17) is 0 Å². The van der Waals surface area contributed by atoms with Gasteiger partial charge in [0.1, 0.15) is 0 Å². The molecule has 0 saturated carbocycles. The van der Waals surface area contributed by atoms with Gasteiger partial charge in [0.25, 0.3) is 0 Å². The zero-order chi connectivity index (χ0) is 70.2. The number of fused-ring (bicyclic) bond motifs is 10.